The highest BCUT2D eigenvalue weighted by atomic mass is 16.5. The zero-order valence-electron chi connectivity index (χ0n) is 9.73. The lowest BCUT2D eigenvalue weighted by Gasteiger charge is -2.09. The first-order chi connectivity index (χ1) is 7.69. The van der Waals surface area contributed by atoms with Crippen LogP contribution in [0.15, 0.2) is 30.5 Å². The number of hydrogen-bond acceptors (Lipinski definition) is 3. The van der Waals surface area contributed by atoms with E-state index in [4.69, 9.17) is 9.47 Å². The van der Waals surface area contributed by atoms with Crippen molar-refractivity contribution in [3.8, 4) is 11.6 Å². The van der Waals surface area contributed by atoms with Crippen LogP contribution in [0, 0.1) is 0 Å². The average molecular weight is 217 g/mol. The van der Waals surface area contributed by atoms with Gasteiger partial charge in [0.05, 0.1) is 13.2 Å². The summed E-state index contributed by atoms with van der Waals surface area (Å²) in [7, 11) is 1.66. The van der Waals surface area contributed by atoms with Gasteiger partial charge in [-0.05, 0) is 37.4 Å². The van der Waals surface area contributed by atoms with Gasteiger partial charge in [-0.3, -0.25) is 0 Å². The molecule has 1 aromatic carbocycles. The average Bonchev–Trinajstić information content (AvgIpc) is 2.27. The van der Waals surface area contributed by atoms with E-state index in [1.54, 1.807) is 7.11 Å². The lowest BCUT2D eigenvalue weighted by Crippen LogP contribution is -2.06. The Kier molecular flexibility index (Phi) is 2.95. The predicted octanol–water partition coefficient (Wildman–Crippen LogP) is 3.03. The van der Waals surface area contributed by atoms with E-state index in [2.05, 4.69) is 4.98 Å². The van der Waals surface area contributed by atoms with Crippen molar-refractivity contribution >= 4 is 10.8 Å². The van der Waals surface area contributed by atoms with Crippen molar-refractivity contribution < 1.29 is 9.47 Å². The molecule has 16 heavy (non-hydrogen) atoms. The number of hydrogen-bond donors (Lipinski definition) is 0. The number of rotatable bonds is 3. The van der Waals surface area contributed by atoms with Crippen LogP contribution < -0.4 is 9.47 Å². The van der Waals surface area contributed by atoms with E-state index in [1.807, 2.05) is 44.3 Å². The Balaban J connectivity index is 2.42. The normalized spacial score (nSPS) is 10.8. The van der Waals surface area contributed by atoms with Crippen molar-refractivity contribution in [3.63, 3.8) is 0 Å². The fraction of sp³-hybridized carbons (Fsp3) is 0.308. The molecular weight excluding hydrogens is 202 g/mol. The number of ether oxygens (including phenoxy) is 2. The first-order valence-electron chi connectivity index (χ1n) is 5.29. The summed E-state index contributed by atoms with van der Waals surface area (Å²) in [6.45, 7) is 3.97. The zero-order chi connectivity index (χ0) is 11.5. The van der Waals surface area contributed by atoms with Gasteiger partial charge < -0.3 is 9.47 Å². The molecule has 2 aromatic rings. The molecule has 0 aliphatic carbocycles. The topological polar surface area (TPSA) is 31.4 Å². The Morgan fingerprint density at radius 1 is 1.12 bits per heavy atom. The second kappa shape index (κ2) is 4.39. The molecule has 1 aromatic heterocycles. The quantitative estimate of drug-likeness (QED) is 0.791. The minimum absolute atomic E-state index is 0.135. The minimum atomic E-state index is 0.135. The third-order valence-corrected chi connectivity index (χ3v) is 2.26. The van der Waals surface area contributed by atoms with Gasteiger partial charge in [-0.2, -0.15) is 0 Å². The van der Waals surface area contributed by atoms with Crippen molar-refractivity contribution in [2.75, 3.05) is 7.11 Å². The summed E-state index contributed by atoms with van der Waals surface area (Å²) in [6.07, 6.45) is 1.95. The fourth-order valence-electron chi connectivity index (χ4n) is 1.53. The smallest absolute Gasteiger partial charge is 0.214 e. The Bertz CT molecular complexity index is 494. The summed E-state index contributed by atoms with van der Waals surface area (Å²) < 4.78 is 10.7. The molecule has 0 radical (unpaired) electrons. The maximum Gasteiger partial charge on any atom is 0.214 e. The van der Waals surface area contributed by atoms with Crippen molar-refractivity contribution in [3.05, 3.63) is 30.5 Å². The second-order valence-corrected chi connectivity index (χ2v) is 3.90. The van der Waals surface area contributed by atoms with Gasteiger partial charge in [0.15, 0.2) is 0 Å². The van der Waals surface area contributed by atoms with Gasteiger partial charge in [0.25, 0.3) is 0 Å². The third-order valence-electron chi connectivity index (χ3n) is 2.26. The largest absolute Gasteiger partial charge is 0.497 e. The van der Waals surface area contributed by atoms with Crippen LogP contribution in [0.5, 0.6) is 11.6 Å². The van der Waals surface area contributed by atoms with E-state index in [0.717, 1.165) is 16.5 Å². The summed E-state index contributed by atoms with van der Waals surface area (Å²) in [6, 6.07) is 7.81. The Hall–Kier alpha value is -1.77. The lowest BCUT2D eigenvalue weighted by molar-refractivity contribution is 0.233. The van der Waals surface area contributed by atoms with Gasteiger partial charge in [-0.1, -0.05) is 0 Å². The molecule has 3 heteroatoms. The molecule has 0 atom stereocenters. The predicted molar refractivity (Wildman–Crippen MR) is 64.1 cm³/mol. The van der Waals surface area contributed by atoms with Crippen molar-refractivity contribution in [1.82, 2.24) is 4.98 Å². The van der Waals surface area contributed by atoms with Crippen LogP contribution in [0.1, 0.15) is 13.8 Å². The number of pyridine rings is 1. The van der Waals surface area contributed by atoms with E-state index < -0.39 is 0 Å². The van der Waals surface area contributed by atoms with Gasteiger partial charge >= 0.3 is 0 Å². The van der Waals surface area contributed by atoms with Crippen molar-refractivity contribution in [2.24, 2.45) is 0 Å². The molecule has 0 fully saturated rings. The van der Waals surface area contributed by atoms with Gasteiger partial charge in [0.1, 0.15) is 5.75 Å². The van der Waals surface area contributed by atoms with Crippen LogP contribution >= 0.6 is 0 Å². The molecule has 0 bridgehead atoms. The van der Waals surface area contributed by atoms with Crippen molar-refractivity contribution in [1.29, 1.82) is 0 Å². The molecule has 3 nitrogen and oxygen atoms in total. The SMILES string of the molecule is COc1ccc2cnc(OC(C)C)cc2c1. The van der Waals surface area contributed by atoms with E-state index in [-0.39, 0.29) is 6.10 Å². The number of methoxy groups -OCH3 is 1. The van der Waals surface area contributed by atoms with E-state index >= 15 is 0 Å². The van der Waals surface area contributed by atoms with E-state index in [0.29, 0.717) is 5.88 Å². The van der Waals surface area contributed by atoms with Crippen LogP contribution in [0.25, 0.3) is 10.8 Å². The standard InChI is InChI=1S/C13H15NO2/c1-9(2)16-13-7-11-6-12(15-3)5-4-10(11)8-14-13/h4-9H,1-3H3. The molecule has 84 valence electrons. The zero-order valence-corrected chi connectivity index (χ0v) is 9.73. The summed E-state index contributed by atoms with van der Waals surface area (Å²) in [4.78, 5) is 4.24. The number of benzene rings is 1. The number of nitrogens with zero attached hydrogens (tertiary/aromatic N) is 1. The van der Waals surface area contributed by atoms with Gasteiger partial charge in [0, 0.05) is 17.6 Å². The molecular formula is C13H15NO2. The Morgan fingerprint density at radius 2 is 1.94 bits per heavy atom. The maximum atomic E-state index is 5.54. The Labute approximate surface area is 95.0 Å². The summed E-state index contributed by atoms with van der Waals surface area (Å²) in [5.41, 5.74) is 0. The molecule has 1 heterocycles. The van der Waals surface area contributed by atoms with E-state index in [9.17, 15) is 0 Å². The monoisotopic (exact) mass is 217 g/mol. The highest BCUT2D eigenvalue weighted by Crippen LogP contribution is 2.23. The molecule has 0 aliphatic heterocycles. The molecule has 0 spiro atoms. The molecule has 0 unspecified atom stereocenters. The number of fused-ring (bicyclic) bond motifs is 1. The maximum absolute atomic E-state index is 5.54. The summed E-state index contributed by atoms with van der Waals surface area (Å²) >= 11 is 0. The second-order valence-electron chi connectivity index (χ2n) is 3.90. The molecule has 0 amide bonds. The van der Waals surface area contributed by atoms with Gasteiger partial charge in [-0.25, -0.2) is 4.98 Å². The van der Waals surface area contributed by atoms with Crippen LogP contribution in [-0.2, 0) is 0 Å². The highest BCUT2D eigenvalue weighted by Gasteiger charge is 2.02. The third kappa shape index (κ3) is 2.24. The first kappa shape index (κ1) is 10.7. The molecule has 0 N–H and O–H groups in total. The van der Waals surface area contributed by atoms with Gasteiger partial charge in [-0.15, -0.1) is 0 Å². The van der Waals surface area contributed by atoms with E-state index in [1.165, 1.54) is 0 Å². The van der Waals surface area contributed by atoms with Crippen molar-refractivity contribution in [2.45, 2.75) is 20.0 Å². The van der Waals surface area contributed by atoms with Crippen LogP contribution in [0.3, 0.4) is 0 Å². The highest BCUT2D eigenvalue weighted by molar-refractivity contribution is 5.83. The first-order valence-corrected chi connectivity index (χ1v) is 5.29. The molecule has 2 rings (SSSR count). The van der Waals surface area contributed by atoms with Crippen LogP contribution in [-0.4, -0.2) is 18.2 Å². The molecule has 0 saturated carbocycles. The fourth-order valence-corrected chi connectivity index (χ4v) is 1.53. The van der Waals surface area contributed by atoms with Gasteiger partial charge in [0.2, 0.25) is 5.88 Å². The summed E-state index contributed by atoms with van der Waals surface area (Å²) in [5, 5.41) is 2.15. The lowest BCUT2D eigenvalue weighted by atomic mass is 10.2. The number of aromatic nitrogens is 1. The Morgan fingerprint density at radius 3 is 2.62 bits per heavy atom. The summed E-state index contributed by atoms with van der Waals surface area (Å²) in [5.74, 6) is 1.49. The molecule has 0 saturated heterocycles. The minimum Gasteiger partial charge on any atom is -0.497 e. The molecule has 0 aliphatic rings. The van der Waals surface area contributed by atoms with Crippen LogP contribution in [0.4, 0.5) is 0 Å². The van der Waals surface area contributed by atoms with Crippen LogP contribution in [0.2, 0.25) is 0 Å².